The fourth-order valence-electron chi connectivity index (χ4n) is 12.8. The summed E-state index contributed by atoms with van der Waals surface area (Å²) in [6.45, 7) is 10.1. The molecule has 0 saturated carbocycles. The molecule has 0 aliphatic rings. The van der Waals surface area contributed by atoms with Crippen LogP contribution in [0.3, 0.4) is 0 Å². The first-order valence-corrected chi connectivity index (χ1v) is 29.5. The summed E-state index contributed by atoms with van der Waals surface area (Å²) < 4.78 is 8.77. The summed E-state index contributed by atoms with van der Waals surface area (Å²) in [4.78, 5) is 0. The molecule has 0 radical (unpaired) electrons. The van der Waals surface area contributed by atoms with E-state index >= 15 is 0 Å². The lowest BCUT2D eigenvalue weighted by Crippen LogP contribution is -2.30. The molecule has 6 heteroatoms. The predicted molar refractivity (Wildman–Crippen MR) is 356 cm³/mol. The summed E-state index contributed by atoms with van der Waals surface area (Å²) in [7, 11) is 0. The molecule has 0 spiro atoms. The Kier molecular flexibility index (Phi) is 12.3. The summed E-state index contributed by atoms with van der Waals surface area (Å²) in [5.41, 5.74) is 14.4. The molecule has 0 bridgehead atoms. The summed E-state index contributed by atoms with van der Waals surface area (Å²) in [5.74, 6) is 0. The molecule has 84 heavy (non-hydrogen) atoms. The third-order valence-corrected chi connectivity index (χ3v) is 18.8. The van der Waals surface area contributed by atoms with Gasteiger partial charge in [-0.25, -0.2) is 0 Å². The molecule has 15 rings (SSSR count). The van der Waals surface area contributed by atoms with Crippen molar-refractivity contribution in [1.82, 2.24) is 9.13 Å². The van der Waals surface area contributed by atoms with Gasteiger partial charge in [-0.2, -0.15) is 10.5 Å². The summed E-state index contributed by atoms with van der Waals surface area (Å²) in [5, 5.41) is 33.1. The van der Waals surface area contributed by atoms with E-state index in [0.717, 1.165) is 118 Å². The van der Waals surface area contributed by atoms with E-state index in [9.17, 15) is 10.5 Å². The average molecular weight is 1110 g/mol. The minimum Gasteiger partial charge on any atom is -0.308 e. The first-order chi connectivity index (χ1) is 41.5. The van der Waals surface area contributed by atoms with Crippen LogP contribution < -0.4 is 10.7 Å². The molecule has 15 aromatic rings. The monoisotopic (exact) mass is 1100 g/mol. The van der Waals surface area contributed by atoms with Crippen LogP contribution in [-0.2, 0) is 0 Å². The highest BCUT2D eigenvalue weighted by Gasteiger charge is 2.33. The zero-order valence-corrected chi connectivity index (χ0v) is 47.1. The molecule has 0 fully saturated rings. The van der Waals surface area contributed by atoms with Gasteiger partial charge in [0, 0.05) is 58.2 Å². The Morgan fingerprint density at radius 1 is 0.321 bits per heavy atom. The normalized spacial score (nSPS) is 11.4. The van der Waals surface area contributed by atoms with Gasteiger partial charge in [0.15, 0.2) is 0 Å². The van der Waals surface area contributed by atoms with Gasteiger partial charge in [0.1, 0.15) is 12.1 Å². The lowest BCUT2D eigenvalue weighted by Gasteiger charge is -2.27. The second kappa shape index (κ2) is 20.6. The standard InChI is InChI=1S/C78H48N4S2/c1-49-25-23-40-58(54-32-13-6-14-33-54)72-63-39-20-22-44-69(63)83-77(72)50(2)81(49)74-65(47-79)70(60-37-17-15-34-55(60)51-26-7-3-8-27-51)66(48-80)75(73(74)61-38-18-16-35-56(61)52-28-9-4-10-29-52)82-67-42-24-41-57(53-30-11-5-12-31-53)71(67)64-46-45-62-59-36-19-21-43-68(59)84-78(62)76(64)82/h3-46H,1-2H2. The van der Waals surface area contributed by atoms with Crippen molar-refractivity contribution in [2.45, 2.75) is 0 Å². The van der Waals surface area contributed by atoms with Crippen LogP contribution in [0.25, 0.3) is 153 Å². The van der Waals surface area contributed by atoms with Gasteiger partial charge >= 0.3 is 0 Å². The van der Waals surface area contributed by atoms with Crippen LogP contribution in [0.4, 0.5) is 0 Å². The van der Waals surface area contributed by atoms with Gasteiger partial charge in [-0.1, -0.05) is 256 Å². The van der Waals surface area contributed by atoms with E-state index in [1.54, 1.807) is 22.7 Å². The molecular formula is C78H48N4S2. The number of thiophene rings is 2. The number of hydrogen-bond donors (Lipinski definition) is 0. The molecular weight excluding hydrogens is 1060 g/mol. The van der Waals surface area contributed by atoms with E-state index < -0.39 is 0 Å². The summed E-state index contributed by atoms with van der Waals surface area (Å²) in [6, 6.07) is 98.8. The maximum Gasteiger partial charge on any atom is 0.102 e. The van der Waals surface area contributed by atoms with Crippen LogP contribution in [-0.4, -0.2) is 9.13 Å². The van der Waals surface area contributed by atoms with Crippen molar-refractivity contribution < 1.29 is 0 Å². The Balaban J connectivity index is 1.26. The van der Waals surface area contributed by atoms with Crippen LogP contribution in [0.2, 0.25) is 0 Å². The first kappa shape index (κ1) is 50.1. The lowest BCUT2D eigenvalue weighted by molar-refractivity contribution is 0.978. The van der Waals surface area contributed by atoms with Gasteiger partial charge in [-0.15, -0.1) is 22.7 Å². The Bertz CT molecular complexity index is 5420. The number of nitrogens with zero attached hydrogens (tertiary/aromatic N) is 4. The SMILES string of the molecule is C=c1cccc(-c2ccccc2)c2c(sc3ccccc32)c(=C)n1-c1c(C#N)c(-c2ccccc2-c2ccccc2)c(C#N)c(-n2c3cccc(-c4ccccc4)c3c3ccc4c5ccccc5sc4c32)c1-c1ccccc1-c1ccccc1. The molecule has 0 unspecified atom stereocenters. The third-order valence-electron chi connectivity index (χ3n) is 16.4. The highest BCUT2D eigenvalue weighted by Crippen LogP contribution is 2.52. The lowest BCUT2D eigenvalue weighted by atomic mass is 9.82. The van der Waals surface area contributed by atoms with Crippen molar-refractivity contribution in [2.24, 2.45) is 0 Å². The largest absolute Gasteiger partial charge is 0.308 e. The van der Waals surface area contributed by atoms with Crippen LogP contribution >= 0.6 is 22.7 Å². The van der Waals surface area contributed by atoms with Crippen molar-refractivity contribution in [2.75, 3.05) is 0 Å². The molecule has 4 heterocycles. The van der Waals surface area contributed by atoms with Crippen molar-refractivity contribution in [3.63, 3.8) is 0 Å². The van der Waals surface area contributed by atoms with Crippen LogP contribution in [0, 0.1) is 22.7 Å². The fraction of sp³-hybridized carbons (Fsp3) is 0. The van der Waals surface area contributed by atoms with Gasteiger partial charge < -0.3 is 9.13 Å². The van der Waals surface area contributed by atoms with E-state index in [1.807, 2.05) is 48.5 Å². The molecule has 0 N–H and O–H groups in total. The molecule has 392 valence electrons. The number of rotatable bonds is 8. The van der Waals surface area contributed by atoms with E-state index in [-0.39, 0.29) is 0 Å². The fourth-order valence-corrected chi connectivity index (χ4v) is 15.2. The smallest absolute Gasteiger partial charge is 0.102 e. The van der Waals surface area contributed by atoms with Gasteiger partial charge in [0.2, 0.25) is 0 Å². The number of benzene rings is 11. The van der Waals surface area contributed by atoms with Gasteiger partial charge in [-0.05, 0) is 79.9 Å². The number of hydrogen-bond acceptors (Lipinski definition) is 4. The molecule has 0 amide bonds. The van der Waals surface area contributed by atoms with Crippen LogP contribution in [0.15, 0.2) is 267 Å². The highest BCUT2D eigenvalue weighted by atomic mass is 32.1. The molecule has 0 saturated heterocycles. The molecule has 0 aliphatic carbocycles. The Hall–Kier alpha value is -10.9. The molecule has 4 aromatic heterocycles. The summed E-state index contributed by atoms with van der Waals surface area (Å²) >= 11 is 3.44. The number of fused-ring (bicyclic) bond motifs is 10. The topological polar surface area (TPSA) is 57.4 Å². The molecule has 0 aliphatic heterocycles. The quantitative estimate of drug-likeness (QED) is 0.152. The van der Waals surface area contributed by atoms with E-state index in [2.05, 4.69) is 240 Å². The second-order valence-electron chi connectivity index (χ2n) is 21.0. The van der Waals surface area contributed by atoms with Crippen molar-refractivity contribution in [1.29, 1.82) is 10.5 Å². The zero-order chi connectivity index (χ0) is 56.4. The molecule has 0 atom stereocenters. The minimum atomic E-state index is 0.308. The Morgan fingerprint density at radius 3 is 1.31 bits per heavy atom. The van der Waals surface area contributed by atoms with Gasteiger partial charge in [0.25, 0.3) is 0 Å². The van der Waals surface area contributed by atoms with Gasteiger partial charge in [0.05, 0.1) is 48.3 Å². The summed E-state index contributed by atoms with van der Waals surface area (Å²) in [6.07, 6.45) is 0. The Labute approximate surface area is 493 Å². The minimum absolute atomic E-state index is 0.308. The third kappa shape index (κ3) is 7.93. The second-order valence-corrected chi connectivity index (χ2v) is 23.1. The Morgan fingerprint density at radius 2 is 0.738 bits per heavy atom. The van der Waals surface area contributed by atoms with Crippen molar-refractivity contribution in [3.05, 3.63) is 289 Å². The highest BCUT2D eigenvalue weighted by molar-refractivity contribution is 7.26. The predicted octanol–water partition coefficient (Wildman–Crippen LogP) is 20.0. The van der Waals surface area contributed by atoms with Gasteiger partial charge in [-0.3, -0.25) is 0 Å². The maximum atomic E-state index is 12.7. The zero-order valence-electron chi connectivity index (χ0n) is 45.4. The van der Waals surface area contributed by atoms with Crippen molar-refractivity contribution >= 4 is 98.0 Å². The van der Waals surface area contributed by atoms with Crippen molar-refractivity contribution in [3.8, 4) is 90.3 Å². The average Bonchev–Trinajstić information content (AvgIpc) is 3.86. The van der Waals surface area contributed by atoms with Crippen LogP contribution in [0.1, 0.15) is 11.1 Å². The number of nitriles is 2. The number of aromatic nitrogens is 2. The van der Waals surface area contributed by atoms with E-state index in [0.29, 0.717) is 44.3 Å². The van der Waals surface area contributed by atoms with E-state index in [4.69, 9.17) is 13.2 Å². The first-order valence-electron chi connectivity index (χ1n) is 27.9. The van der Waals surface area contributed by atoms with Crippen LogP contribution in [0.5, 0.6) is 0 Å². The maximum absolute atomic E-state index is 12.7. The van der Waals surface area contributed by atoms with E-state index in [1.165, 1.54) is 0 Å². The molecule has 11 aromatic carbocycles. The molecule has 4 nitrogen and oxygen atoms in total.